The number of ether oxygens (including phenoxy) is 1. The molecule has 0 aliphatic heterocycles. The Balaban J connectivity index is 1.59. The summed E-state index contributed by atoms with van der Waals surface area (Å²) in [5.74, 6) is -0.482. The number of rotatable bonds is 5. The molecule has 5 nitrogen and oxygen atoms in total. The Morgan fingerprint density at radius 2 is 1.46 bits per heavy atom. The SMILES string of the molecule is CCC1C2c3ccccc3C(c3ccccc32)C1C(=O)Oc1cc(C(C)C)c(S(=O)(=O)[O-])cc1C. The van der Waals surface area contributed by atoms with Crippen LogP contribution in [0, 0.1) is 18.8 Å². The normalized spacial score (nSPS) is 22.6. The van der Waals surface area contributed by atoms with E-state index in [4.69, 9.17) is 4.74 Å². The summed E-state index contributed by atoms with van der Waals surface area (Å²) in [7, 11) is -4.64. The first-order valence-corrected chi connectivity index (χ1v) is 13.5. The number of benzene rings is 3. The number of aryl methyl sites for hydroxylation is 1. The van der Waals surface area contributed by atoms with Crippen LogP contribution in [0.2, 0.25) is 0 Å². The lowest BCUT2D eigenvalue weighted by atomic mass is 9.53. The molecule has 0 radical (unpaired) electrons. The van der Waals surface area contributed by atoms with Crippen LogP contribution in [-0.4, -0.2) is 18.9 Å². The number of carbonyl (C=O) groups excluding carboxylic acids is 1. The van der Waals surface area contributed by atoms with Gasteiger partial charge in [0.15, 0.2) is 0 Å². The van der Waals surface area contributed by atoms with E-state index in [0.717, 1.165) is 6.42 Å². The monoisotopic (exact) mass is 489 g/mol. The minimum Gasteiger partial charge on any atom is -0.744 e. The van der Waals surface area contributed by atoms with Gasteiger partial charge >= 0.3 is 5.97 Å². The molecule has 3 aromatic rings. The summed E-state index contributed by atoms with van der Waals surface area (Å²) < 4.78 is 41.5. The molecule has 0 fully saturated rings. The van der Waals surface area contributed by atoms with Crippen molar-refractivity contribution in [3.8, 4) is 5.75 Å². The van der Waals surface area contributed by atoms with Crippen LogP contribution in [0.1, 0.15) is 78.3 Å². The Hall–Kier alpha value is -2.96. The van der Waals surface area contributed by atoms with Crippen molar-refractivity contribution in [2.75, 3.05) is 0 Å². The second-order valence-corrected chi connectivity index (χ2v) is 11.3. The quantitative estimate of drug-likeness (QED) is 0.255. The van der Waals surface area contributed by atoms with E-state index in [1.807, 2.05) is 26.0 Å². The highest BCUT2D eigenvalue weighted by Gasteiger charge is 2.52. The second kappa shape index (κ2) is 8.61. The zero-order valence-electron chi connectivity index (χ0n) is 20.3. The molecule has 6 rings (SSSR count). The molecule has 0 spiro atoms. The van der Waals surface area contributed by atoms with E-state index < -0.39 is 10.1 Å². The summed E-state index contributed by atoms with van der Waals surface area (Å²) in [6, 6.07) is 19.6. The first-order chi connectivity index (χ1) is 16.6. The zero-order chi connectivity index (χ0) is 25.1. The minimum absolute atomic E-state index is 0.0865. The Morgan fingerprint density at radius 1 is 0.943 bits per heavy atom. The Labute approximate surface area is 206 Å². The molecule has 0 heterocycles. The fourth-order valence-electron chi connectivity index (χ4n) is 6.22. The predicted octanol–water partition coefficient (Wildman–Crippen LogP) is 5.86. The van der Waals surface area contributed by atoms with Gasteiger partial charge in [-0.2, -0.15) is 0 Å². The van der Waals surface area contributed by atoms with Crippen molar-refractivity contribution < 1.29 is 22.5 Å². The highest BCUT2D eigenvalue weighted by atomic mass is 32.2. The van der Waals surface area contributed by atoms with Gasteiger partial charge in [0, 0.05) is 11.8 Å². The van der Waals surface area contributed by atoms with E-state index in [1.165, 1.54) is 28.3 Å². The van der Waals surface area contributed by atoms with Gasteiger partial charge in [0.1, 0.15) is 15.9 Å². The first kappa shape index (κ1) is 23.8. The summed E-state index contributed by atoms with van der Waals surface area (Å²) in [6.07, 6.45) is 0.827. The highest BCUT2D eigenvalue weighted by Crippen LogP contribution is 2.59. The number of hydrogen-bond acceptors (Lipinski definition) is 5. The topological polar surface area (TPSA) is 83.5 Å². The first-order valence-electron chi connectivity index (χ1n) is 12.1. The average molecular weight is 490 g/mol. The van der Waals surface area contributed by atoms with Crippen LogP contribution < -0.4 is 4.74 Å². The molecule has 35 heavy (non-hydrogen) atoms. The van der Waals surface area contributed by atoms with Crippen LogP contribution in [0.15, 0.2) is 65.6 Å². The maximum atomic E-state index is 13.9. The molecule has 2 unspecified atom stereocenters. The van der Waals surface area contributed by atoms with Crippen LogP contribution in [0.5, 0.6) is 5.75 Å². The van der Waals surface area contributed by atoms with E-state index in [2.05, 4.69) is 43.3 Å². The molecule has 0 saturated heterocycles. The van der Waals surface area contributed by atoms with E-state index in [1.54, 1.807) is 13.0 Å². The van der Waals surface area contributed by atoms with Crippen molar-refractivity contribution in [2.45, 2.75) is 56.8 Å². The van der Waals surface area contributed by atoms with Gasteiger partial charge in [0.2, 0.25) is 0 Å². The Kier molecular flexibility index (Phi) is 5.85. The number of fused-ring (bicyclic) bond motifs is 1. The third kappa shape index (κ3) is 3.80. The van der Waals surface area contributed by atoms with Crippen molar-refractivity contribution in [1.29, 1.82) is 0 Å². The molecule has 3 aliphatic rings. The van der Waals surface area contributed by atoms with Crippen LogP contribution in [0.4, 0.5) is 0 Å². The van der Waals surface area contributed by atoms with E-state index >= 15 is 0 Å². The average Bonchev–Trinajstić information content (AvgIpc) is 2.83. The fourth-order valence-corrected chi connectivity index (χ4v) is 7.13. The molecular weight excluding hydrogens is 460 g/mol. The Morgan fingerprint density at radius 3 is 1.91 bits per heavy atom. The molecule has 3 aromatic carbocycles. The third-order valence-corrected chi connectivity index (χ3v) is 8.63. The smallest absolute Gasteiger partial charge is 0.315 e. The van der Waals surface area contributed by atoms with Crippen molar-refractivity contribution >= 4 is 16.1 Å². The summed E-state index contributed by atoms with van der Waals surface area (Å²) >= 11 is 0. The molecule has 0 aromatic heterocycles. The summed E-state index contributed by atoms with van der Waals surface area (Å²) in [4.78, 5) is 13.6. The van der Waals surface area contributed by atoms with Crippen molar-refractivity contribution in [1.82, 2.24) is 0 Å². The molecule has 0 saturated carbocycles. The van der Waals surface area contributed by atoms with Gasteiger partial charge in [-0.3, -0.25) is 4.79 Å². The number of esters is 1. The summed E-state index contributed by atoms with van der Waals surface area (Å²) in [5, 5.41) is 0. The lowest BCUT2D eigenvalue weighted by Crippen LogP contribution is -2.44. The molecule has 182 valence electrons. The van der Waals surface area contributed by atoms with E-state index in [-0.39, 0.29) is 40.5 Å². The lowest BCUT2D eigenvalue weighted by Gasteiger charge is -2.49. The van der Waals surface area contributed by atoms with Crippen molar-refractivity contribution in [3.05, 3.63) is 94.0 Å². The van der Waals surface area contributed by atoms with Crippen LogP contribution in [0.3, 0.4) is 0 Å². The molecular formula is C29H29O5S-. The molecule has 0 N–H and O–H groups in total. The van der Waals surface area contributed by atoms with Gasteiger partial charge in [0.25, 0.3) is 0 Å². The third-order valence-electron chi connectivity index (χ3n) is 7.73. The number of carbonyl (C=O) groups is 1. The van der Waals surface area contributed by atoms with Crippen LogP contribution in [-0.2, 0) is 14.9 Å². The van der Waals surface area contributed by atoms with E-state index in [0.29, 0.717) is 16.9 Å². The van der Waals surface area contributed by atoms with Crippen LogP contribution in [0.25, 0.3) is 0 Å². The van der Waals surface area contributed by atoms with Crippen molar-refractivity contribution in [3.63, 3.8) is 0 Å². The van der Waals surface area contributed by atoms with Gasteiger partial charge in [-0.05, 0) is 64.3 Å². The maximum absolute atomic E-state index is 13.9. The van der Waals surface area contributed by atoms with Crippen LogP contribution >= 0.6 is 0 Å². The molecule has 6 heteroatoms. The van der Waals surface area contributed by atoms with Gasteiger partial charge < -0.3 is 9.29 Å². The predicted molar refractivity (Wildman–Crippen MR) is 133 cm³/mol. The standard InChI is InChI=1S/C29H30O5S/c1-5-18-26-19-10-6-8-12-21(19)27(22-13-9-7-11-20(22)26)28(18)29(30)34-24-15-23(16(2)3)25(14-17(24)4)35(31,32)33/h6-16,18,26-28H,5H2,1-4H3,(H,31,32,33)/p-1. The second-order valence-electron chi connectivity index (χ2n) is 10.00. The molecule has 2 bridgehead atoms. The van der Waals surface area contributed by atoms with Gasteiger partial charge in [0.05, 0.1) is 10.8 Å². The van der Waals surface area contributed by atoms with Gasteiger partial charge in [-0.15, -0.1) is 0 Å². The maximum Gasteiger partial charge on any atom is 0.315 e. The van der Waals surface area contributed by atoms with E-state index in [9.17, 15) is 17.8 Å². The van der Waals surface area contributed by atoms with Crippen molar-refractivity contribution in [2.24, 2.45) is 11.8 Å². The largest absolute Gasteiger partial charge is 0.744 e. The van der Waals surface area contributed by atoms with Gasteiger partial charge in [-0.25, -0.2) is 8.42 Å². The lowest BCUT2D eigenvalue weighted by molar-refractivity contribution is -0.142. The zero-order valence-corrected chi connectivity index (χ0v) is 21.1. The number of hydrogen-bond donors (Lipinski definition) is 0. The molecule has 0 amide bonds. The minimum atomic E-state index is -4.64. The highest BCUT2D eigenvalue weighted by molar-refractivity contribution is 7.85. The summed E-state index contributed by atoms with van der Waals surface area (Å²) in [5.41, 5.74) is 5.74. The molecule has 3 aliphatic carbocycles. The van der Waals surface area contributed by atoms with Gasteiger partial charge in [-0.1, -0.05) is 75.7 Å². The molecule has 2 atom stereocenters. The Bertz CT molecular complexity index is 1380. The fraction of sp³-hybridized carbons (Fsp3) is 0.345. The summed E-state index contributed by atoms with van der Waals surface area (Å²) in [6.45, 7) is 7.40.